The van der Waals surface area contributed by atoms with Crippen LogP contribution in [0.15, 0.2) is 29.3 Å². The van der Waals surface area contributed by atoms with Crippen LogP contribution >= 0.6 is 11.8 Å². The maximum atomic E-state index is 10.5. The molecule has 8 heteroatoms. The summed E-state index contributed by atoms with van der Waals surface area (Å²) in [4.78, 5) is 4.05. The topological polar surface area (TPSA) is 104 Å². The van der Waals surface area contributed by atoms with E-state index in [-0.39, 0.29) is 5.44 Å². The number of hydrogen-bond donors (Lipinski definition) is 4. The van der Waals surface area contributed by atoms with Crippen molar-refractivity contribution in [2.45, 2.75) is 48.7 Å². The molecular weight excluding hydrogens is 344 g/mol. The van der Waals surface area contributed by atoms with Crippen LogP contribution in [0.4, 0.5) is 0 Å². The average molecular weight is 368 g/mol. The van der Waals surface area contributed by atoms with Crippen LogP contribution in [0.1, 0.15) is 12.0 Å². The van der Waals surface area contributed by atoms with Gasteiger partial charge in [-0.2, -0.15) is 0 Å². The van der Waals surface area contributed by atoms with Gasteiger partial charge in [0.05, 0.1) is 19.3 Å². The monoisotopic (exact) mass is 368 g/mol. The highest BCUT2D eigenvalue weighted by Crippen LogP contribution is 2.35. The summed E-state index contributed by atoms with van der Waals surface area (Å²) in [6.45, 7) is 0. The van der Waals surface area contributed by atoms with E-state index in [0.29, 0.717) is 18.0 Å². The van der Waals surface area contributed by atoms with Gasteiger partial charge in [0.15, 0.2) is 5.17 Å². The first kappa shape index (κ1) is 18.5. The van der Waals surface area contributed by atoms with Gasteiger partial charge in [-0.1, -0.05) is 23.9 Å². The second-order valence-electron chi connectivity index (χ2n) is 6.22. The van der Waals surface area contributed by atoms with Crippen LogP contribution in [0.25, 0.3) is 0 Å². The highest BCUT2D eigenvalue weighted by Gasteiger charge is 2.50. The molecule has 25 heavy (non-hydrogen) atoms. The van der Waals surface area contributed by atoms with E-state index in [2.05, 4.69) is 10.3 Å². The van der Waals surface area contributed by atoms with Gasteiger partial charge in [0.2, 0.25) is 0 Å². The van der Waals surface area contributed by atoms with Crippen molar-refractivity contribution in [1.29, 1.82) is 0 Å². The Morgan fingerprint density at radius 3 is 2.64 bits per heavy atom. The van der Waals surface area contributed by atoms with Crippen molar-refractivity contribution in [1.82, 2.24) is 5.32 Å². The Morgan fingerprint density at radius 1 is 1.28 bits per heavy atom. The molecule has 0 aliphatic carbocycles. The quantitative estimate of drug-likeness (QED) is 0.586. The third-order valence-electron chi connectivity index (χ3n) is 4.63. The minimum absolute atomic E-state index is 0.377. The van der Waals surface area contributed by atoms with E-state index in [0.717, 1.165) is 11.3 Å². The molecule has 2 saturated heterocycles. The Bertz CT molecular complexity index is 612. The third kappa shape index (κ3) is 3.93. The number of nitrogens with zero attached hydrogens (tertiary/aromatic N) is 1. The average Bonchev–Trinajstić information content (AvgIpc) is 3.06. The molecule has 2 aliphatic heterocycles. The molecule has 7 nitrogen and oxygen atoms in total. The lowest BCUT2D eigenvalue weighted by molar-refractivity contribution is -0.188. The molecule has 0 amide bonds. The van der Waals surface area contributed by atoms with Gasteiger partial charge in [0.1, 0.15) is 29.5 Å². The van der Waals surface area contributed by atoms with Crippen LogP contribution in [0.5, 0.6) is 5.75 Å². The SMILES string of the molecule is CN=C1NC2C(OC(C(O)CCc3ccc(OC)cc3)C(O)C2O)S1. The van der Waals surface area contributed by atoms with E-state index < -0.39 is 30.5 Å². The Hall–Kier alpha value is -1.32. The lowest BCUT2D eigenvalue weighted by atomic mass is 9.92. The molecule has 1 aromatic carbocycles. The number of aliphatic hydroxyl groups excluding tert-OH is 3. The zero-order valence-electron chi connectivity index (χ0n) is 14.2. The number of nitrogens with one attached hydrogen (secondary N) is 1. The molecule has 6 atom stereocenters. The van der Waals surface area contributed by atoms with Gasteiger partial charge in [0, 0.05) is 7.05 Å². The minimum atomic E-state index is -1.16. The van der Waals surface area contributed by atoms with Crippen LogP contribution in [-0.4, -0.2) is 70.5 Å². The number of benzene rings is 1. The molecule has 138 valence electrons. The maximum Gasteiger partial charge on any atom is 0.159 e. The van der Waals surface area contributed by atoms with E-state index in [4.69, 9.17) is 9.47 Å². The van der Waals surface area contributed by atoms with Gasteiger partial charge in [-0.3, -0.25) is 4.99 Å². The molecule has 2 heterocycles. The van der Waals surface area contributed by atoms with Crippen LogP contribution in [0.2, 0.25) is 0 Å². The Balaban J connectivity index is 1.60. The van der Waals surface area contributed by atoms with Crippen LogP contribution < -0.4 is 10.1 Å². The van der Waals surface area contributed by atoms with E-state index in [1.807, 2.05) is 24.3 Å². The number of aliphatic imine (C=N–C) groups is 1. The van der Waals surface area contributed by atoms with E-state index >= 15 is 0 Å². The lowest BCUT2D eigenvalue weighted by Gasteiger charge is -2.40. The number of rotatable bonds is 5. The number of ether oxygens (including phenoxy) is 2. The molecule has 0 bridgehead atoms. The first-order chi connectivity index (χ1) is 12.0. The fourth-order valence-corrected chi connectivity index (χ4v) is 4.22. The number of methoxy groups -OCH3 is 1. The summed E-state index contributed by atoms with van der Waals surface area (Å²) in [7, 11) is 3.26. The number of thioether (sulfide) groups is 1. The van der Waals surface area contributed by atoms with E-state index in [1.165, 1.54) is 11.8 Å². The fourth-order valence-electron chi connectivity index (χ4n) is 3.14. The number of fused-ring (bicyclic) bond motifs is 1. The van der Waals surface area contributed by atoms with Crippen molar-refractivity contribution in [3.8, 4) is 5.75 Å². The summed E-state index contributed by atoms with van der Waals surface area (Å²) in [5.41, 5.74) is 0.679. The van der Waals surface area contributed by atoms with Crippen LogP contribution in [-0.2, 0) is 11.2 Å². The second kappa shape index (κ2) is 7.92. The van der Waals surface area contributed by atoms with Crippen molar-refractivity contribution in [3.05, 3.63) is 29.8 Å². The summed E-state index contributed by atoms with van der Waals surface area (Å²) >= 11 is 1.36. The molecule has 0 saturated carbocycles. The Kier molecular flexibility index (Phi) is 5.85. The maximum absolute atomic E-state index is 10.5. The predicted molar refractivity (Wildman–Crippen MR) is 95.9 cm³/mol. The van der Waals surface area contributed by atoms with Gasteiger partial charge < -0.3 is 30.1 Å². The highest BCUT2D eigenvalue weighted by molar-refractivity contribution is 8.14. The van der Waals surface area contributed by atoms with Crippen molar-refractivity contribution in [2.75, 3.05) is 14.2 Å². The number of hydrogen-bond acceptors (Lipinski definition) is 7. The van der Waals surface area contributed by atoms with Crippen molar-refractivity contribution in [2.24, 2.45) is 4.99 Å². The summed E-state index contributed by atoms with van der Waals surface area (Å²) in [5.74, 6) is 0.781. The second-order valence-corrected chi connectivity index (χ2v) is 7.31. The third-order valence-corrected chi connectivity index (χ3v) is 5.79. The van der Waals surface area contributed by atoms with Gasteiger partial charge in [-0.15, -0.1) is 0 Å². The summed E-state index contributed by atoms with van der Waals surface area (Å²) < 4.78 is 11.0. The molecule has 3 rings (SSSR count). The van der Waals surface area contributed by atoms with E-state index in [9.17, 15) is 15.3 Å². The van der Waals surface area contributed by atoms with Gasteiger partial charge in [0.25, 0.3) is 0 Å². The molecule has 2 aliphatic rings. The summed E-state index contributed by atoms with van der Waals surface area (Å²) in [6, 6.07) is 7.19. The molecule has 2 fully saturated rings. The van der Waals surface area contributed by atoms with Gasteiger partial charge >= 0.3 is 0 Å². The highest BCUT2D eigenvalue weighted by atomic mass is 32.2. The Morgan fingerprint density at radius 2 is 2.00 bits per heavy atom. The molecule has 6 unspecified atom stereocenters. The zero-order chi connectivity index (χ0) is 18.0. The lowest BCUT2D eigenvalue weighted by Crippen LogP contribution is -2.61. The summed E-state index contributed by atoms with van der Waals surface area (Å²) in [6.07, 6.45) is -2.83. The smallest absolute Gasteiger partial charge is 0.159 e. The number of aryl methyl sites for hydroxylation is 1. The molecule has 0 aromatic heterocycles. The number of aliphatic hydroxyl groups is 3. The molecule has 4 N–H and O–H groups in total. The first-order valence-electron chi connectivity index (χ1n) is 8.26. The van der Waals surface area contributed by atoms with Crippen LogP contribution in [0, 0.1) is 0 Å². The van der Waals surface area contributed by atoms with Gasteiger partial charge in [-0.25, -0.2) is 0 Å². The van der Waals surface area contributed by atoms with Crippen LogP contribution in [0.3, 0.4) is 0 Å². The molecule has 0 radical (unpaired) electrons. The molecule has 0 spiro atoms. The standard InChI is InChI=1S/C17H24N2O5S/c1-18-17-19-12-13(21)14(22)15(24-16(12)25-17)11(20)8-5-9-3-6-10(23-2)7-4-9/h3-4,6-7,11-16,20-22H,5,8H2,1-2H3,(H,18,19). The van der Waals surface area contributed by atoms with Gasteiger partial charge in [-0.05, 0) is 30.5 Å². The first-order valence-corrected chi connectivity index (χ1v) is 9.14. The predicted octanol–water partition coefficient (Wildman–Crippen LogP) is 0.126. The minimum Gasteiger partial charge on any atom is -0.497 e. The molecule has 1 aromatic rings. The molecular formula is C17H24N2O5S. The fraction of sp³-hybridized carbons (Fsp3) is 0.588. The van der Waals surface area contributed by atoms with Crippen molar-refractivity contribution >= 4 is 16.9 Å². The largest absolute Gasteiger partial charge is 0.497 e. The zero-order valence-corrected chi connectivity index (χ0v) is 15.0. The normalized spacial score (nSPS) is 34.4. The van der Waals surface area contributed by atoms with E-state index in [1.54, 1.807) is 14.2 Å². The number of amidine groups is 1. The Labute approximate surface area is 151 Å². The van der Waals surface area contributed by atoms with Crippen molar-refractivity contribution in [3.63, 3.8) is 0 Å². The summed E-state index contributed by atoms with van der Waals surface area (Å²) in [5, 5.41) is 34.9. The van der Waals surface area contributed by atoms with Crippen molar-refractivity contribution < 1.29 is 24.8 Å².